The van der Waals surface area contributed by atoms with Gasteiger partial charge in [-0.25, -0.2) is 0 Å². The molecule has 1 heterocycles. The minimum Gasteiger partial charge on any atom is -0.406 e. The second-order valence-corrected chi connectivity index (χ2v) is 9.99. The van der Waals surface area contributed by atoms with Crippen molar-refractivity contribution >= 4 is 27.4 Å². The summed E-state index contributed by atoms with van der Waals surface area (Å²) in [5.41, 5.74) is 8.69. The summed E-state index contributed by atoms with van der Waals surface area (Å²) in [5, 5.41) is 10.1. The van der Waals surface area contributed by atoms with Crippen LogP contribution in [0.25, 0.3) is 0 Å². The molecule has 0 fully saturated rings. The van der Waals surface area contributed by atoms with Crippen LogP contribution >= 0.6 is 15.9 Å². The lowest BCUT2D eigenvalue weighted by Gasteiger charge is -2.43. The van der Waals surface area contributed by atoms with Crippen molar-refractivity contribution in [3.63, 3.8) is 0 Å². The van der Waals surface area contributed by atoms with Crippen molar-refractivity contribution in [2.24, 2.45) is 11.1 Å². The number of nitrogens with two attached hydrogens (primary N) is 1. The van der Waals surface area contributed by atoms with E-state index in [9.17, 15) is 23.2 Å². The maximum Gasteiger partial charge on any atom is 0.573 e. The molecule has 2 aromatic rings. The largest absolute Gasteiger partial charge is 0.573 e. The number of ketones is 1. The van der Waals surface area contributed by atoms with Crippen LogP contribution in [0.3, 0.4) is 0 Å². The molecule has 4 rings (SSSR count). The molecule has 176 valence electrons. The van der Waals surface area contributed by atoms with E-state index < -0.39 is 12.3 Å². The lowest BCUT2D eigenvalue weighted by Crippen LogP contribution is -2.42. The molecule has 34 heavy (non-hydrogen) atoms. The molecule has 1 atom stereocenters. The first kappa shape index (κ1) is 23.9. The van der Waals surface area contributed by atoms with Gasteiger partial charge in [0.25, 0.3) is 0 Å². The third-order valence-corrected chi connectivity index (χ3v) is 6.38. The van der Waals surface area contributed by atoms with Gasteiger partial charge in [0, 0.05) is 27.9 Å². The van der Waals surface area contributed by atoms with Crippen molar-refractivity contribution in [1.82, 2.24) is 0 Å². The number of alkyl halides is 3. The van der Waals surface area contributed by atoms with Crippen LogP contribution in [0.5, 0.6) is 5.75 Å². The molecule has 1 aliphatic carbocycles. The van der Waals surface area contributed by atoms with Gasteiger partial charge in [0.15, 0.2) is 5.78 Å². The lowest BCUT2D eigenvalue weighted by atomic mass is 9.68. The zero-order chi connectivity index (χ0) is 24.8. The molecule has 0 saturated carbocycles. The van der Waals surface area contributed by atoms with Crippen LogP contribution in [-0.4, -0.2) is 12.1 Å². The van der Waals surface area contributed by atoms with Gasteiger partial charge in [0.2, 0.25) is 0 Å². The topological polar surface area (TPSA) is 79.3 Å². The first-order chi connectivity index (χ1) is 15.9. The van der Waals surface area contributed by atoms with Crippen LogP contribution in [0.15, 0.2) is 75.7 Å². The number of nitriles is 1. The number of allylic oxidation sites excluding steroid dienone is 3. The Hall–Kier alpha value is -3.25. The molecular formula is C25H21BrF3N3O2. The van der Waals surface area contributed by atoms with E-state index >= 15 is 0 Å². The number of carbonyl (C=O) groups excluding carboxylic acids is 1. The molecule has 9 heteroatoms. The second-order valence-electron chi connectivity index (χ2n) is 9.08. The molecule has 0 saturated heterocycles. The highest BCUT2D eigenvalue weighted by Gasteiger charge is 2.44. The first-order valence-electron chi connectivity index (χ1n) is 10.5. The average Bonchev–Trinajstić information content (AvgIpc) is 2.72. The smallest absolute Gasteiger partial charge is 0.406 e. The van der Waals surface area contributed by atoms with Crippen LogP contribution in [0.2, 0.25) is 0 Å². The molecule has 1 unspecified atom stereocenters. The fourth-order valence-corrected chi connectivity index (χ4v) is 5.04. The summed E-state index contributed by atoms with van der Waals surface area (Å²) in [5.74, 6) is -0.956. The normalized spacial score (nSPS) is 20.2. The summed E-state index contributed by atoms with van der Waals surface area (Å²) in [6.07, 6.45) is -4.01. The number of halogens is 4. The Morgan fingerprint density at radius 3 is 2.44 bits per heavy atom. The number of hydrogen-bond donors (Lipinski definition) is 1. The lowest BCUT2D eigenvalue weighted by molar-refractivity contribution is -0.274. The van der Waals surface area contributed by atoms with Crippen LogP contribution in [0.1, 0.15) is 38.2 Å². The number of anilines is 1. The number of Topliss-reactive ketones (excluding diaryl/α,β-unsaturated/α-hetero) is 1. The number of nitrogens with zero attached hydrogens (tertiary/aromatic N) is 2. The minimum atomic E-state index is -4.81. The summed E-state index contributed by atoms with van der Waals surface area (Å²) in [7, 11) is 0. The van der Waals surface area contributed by atoms with Gasteiger partial charge in [0.05, 0.1) is 17.6 Å². The van der Waals surface area contributed by atoms with Crippen molar-refractivity contribution in [3.8, 4) is 11.8 Å². The van der Waals surface area contributed by atoms with Gasteiger partial charge in [-0.2, -0.15) is 5.26 Å². The van der Waals surface area contributed by atoms with Crippen LogP contribution in [0.4, 0.5) is 18.9 Å². The van der Waals surface area contributed by atoms with Crippen molar-refractivity contribution < 1.29 is 22.7 Å². The molecule has 0 radical (unpaired) electrons. The van der Waals surface area contributed by atoms with Gasteiger partial charge in [0.1, 0.15) is 11.6 Å². The van der Waals surface area contributed by atoms with E-state index in [4.69, 9.17) is 5.73 Å². The SMILES string of the molecule is CC1(C)CC(=O)C2=C(C1)N(c1ccc(OC(F)(F)F)cc1)C(N)=C(C#N)C2c1cccc(Br)c1. The third-order valence-electron chi connectivity index (χ3n) is 5.89. The quantitative estimate of drug-likeness (QED) is 0.503. The highest BCUT2D eigenvalue weighted by atomic mass is 79.9. The summed E-state index contributed by atoms with van der Waals surface area (Å²) >= 11 is 3.45. The minimum absolute atomic E-state index is 0.0847. The van der Waals surface area contributed by atoms with E-state index in [1.807, 2.05) is 38.1 Å². The summed E-state index contributed by atoms with van der Waals surface area (Å²) in [6, 6.07) is 14.8. The first-order valence-corrected chi connectivity index (χ1v) is 11.3. The van der Waals surface area contributed by atoms with E-state index in [-0.39, 0.29) is 28.3 Å². The van der Waals surface area contributed by atoms with Gasteiger partial charge < -0.3 is 10.5 Å². The fraction of sp³-hybridized carbons (Fsp3) is 0.280. The zero-order valence-electron chi connectivity index (χ0n) is 18.4. The molecule has 0 aromatic heterocycles. The van der Waals surface area contributed by atoms with E-state index in [2.05, 4.69) is 26.7 Å². The Labute approximate surface area is 203 Å². The van der Waals surface area contributed by atoms with Gasteiger partial charge in [-0.1, -0.05) is 41.9 Å². The maximum atomic E-state index is 13.5. The molecular weight excluding hydrogens is 511 g/mol. The molecule has 0 spiro atoms. The molecule has 5 nitrogen and oxygen atoms in total. The number of ether oxygens (including phenoxy) is 1. The predicted octanol–water partition coefficient (Wildman–Crippen LogP) is 6.29. The van der Waals surface area contributed by atoms with Gasteiger partial charge in [-0.3, -0.25) is 9.69 Å². The average molecular weight is 532 g/mol. The van der Waals surface area contributed by atoms with Crippen LogP contribution in [-0.2, 0) is 4.79 Å². The monoisotopic (exact) mass is 531 g/mol. The van der Waals surface area contributed by atoms with Crippen LogP contribution < -0.4 is 15.4 Å². The van der Waals surface area contributed by atoms with Gasteiger partial charge in [-0.05, 0) is 53.8 Å². The molecule has 0 bridgehead atoms. The maximum absolute atomic E-state index is 13.5. The highest BCUT2D eigenvalue weighted by Crippen LogP contribution is 2.50. The Morgan fingerprint density at radius 2 is 1.85 bits per heavy atom. The molecule has 2 aromatic carbocycles. The number of hydrogen-bond acceptors (Lipinski definition) is 5. The number of benzene rings is 2. The van der Waals surface area contributed by atoms with Crippen molar-refractivity contribution in [2.75, 3.05) is 4.90 Å². The summed E-state index contributed by atoms with van der Waals surface area (Å²) < 4.78 is 42.6. The Balaban J connectivity index is 1.90. The second kappa shape index (κ2) is 8.51. The van der Waals surface area contributed by atoms with Crippen LogP contribution in [0, 0.1) is 16.7 Å². The van der Waals surface area contributed by atoms with Crippen molar-refractivity contribution in [3.05, 3.63) is 81.2 Å². The zero-order valence-corrected chi connectivity index (χ0v) is 20.0. The number of rotatable bonds is 3. The van der Waals surface area contributed by atoms with Gasteiger partial charge in [-0.15, -0.1) is 13.2 Å². The van der Waals surface area contributed by atoms with Crippen molar-refractivity contribution in [2.45, 2.75) is 39.0 Å². The fourth-order valence-electron chi connectivity index (χ4n) is 4.62. The Bertz CT molecular complexity index is 1260. The predicted molar refractivity (Wildman–Crippen MR) is 124 cm³/mol. The standard InChI is InChI=1S/C25H21BrF3N3O2/c1-24(2)11-19-22(20(33)12-24)21(14-4-3-5-15(26)10-14)18(13-30)23(31)32(19)16-6-8-17(9-7-16)34-25(27,28)29/h3-10,21H,11-12,31H2,1-2H3. The van der Waals surface area contributed by atoms with Crippen molar-refractivity contribution in [1.29, 1.82) is 5.26 Å². The molecule has 2 aliphatic rings. The Kier molecular flexibility index (Phi) is 5.98. The summed E-state index contributed by atoms with van der Waals surface area (Å²) in [4.78, 5) is 15.1. The number of carbonyl (C=O) groups is 1. The van der Waals surface area contributed by atoms with E-state index in [1.165, 1.54) is 24.3 Å². The van der Waals surface area contributed by atoms with E-state index in [1.54, 1.807) is 4.90 Å². The van der Waals surface area contributed by atoms with E-state index in [0.29, 0.717) is 29.8 Å². The Morgan fingerprint density at radius 1 is 1.18 bits per heavy atom. The third kappa shape index (κ3) is 4.55. The van der Waals surface area contributed by atoms with E-state index in [0.717, 1.165) is 10.0 Å². The summed E-state index contributed by atoms with van der Waals surface area (Å²) in [6.45, 7) is 3.95. The molecule has 2 N–H and O–H groups in total. The molecule has 1 aliphatic heterocycles. The highest BCUT2D eigenvalue weighted by molar-refractivity contribution is 9.10. The molecule has 0 amide bonds. The van der Waals surface area contributed by atoms with Gasteiger partial charge >= 0.3 is 6.36 Å².